The zero-order valence-corrected chi connectivity index (χ0v) is 12.7. The van der Waals surface area contributed by atoms with Gasteiger partial charge in [-0.15, -0.1) is 0 Å². The lowest BCUT2D eigenvalue weighted by Crippen LogP contribution is -2.00. The second kappa shape index (κ2) is 5.23. The summed E-state index contributed by atoms with van der Waals surface area (Å²) in [5.74, 6) is 0.798. The molecule has 17 heavy (non-hydrogen) atoms. The highest BCUT2D eigenvalue weighted by atomic mass is 79.9. The number of benzene rings is 1. The van der Waals surface area contributed by atoms with Gasteiger partial charge >= 0.3 is 0 Å². The number of pyridine rings is 1. The van der Waals surface area contributed by atoms with Crippen LogP contribution in [0.5, 0.6) is 5.75 Å². The summed E-state index contributed by atoms with van der Waals surface area (Å²) in [6.45, 7) is 2.91. The van der Waals surface area contributed by atoms with Crippen LogP contribution < -0.4 is 10.1 Å². The van der Waals surface area contributed by atoms with Crippen molar-refractivity contribution in [3.8, 4) is 5.75 Å². The Kier molecular flexibility index (Phi) is 3.89. The van der Waals surface area contributed by atoms with E-state index in [4.69, 9.17) is 4.74 Å². The third-order valence-corrected chi connectivity index (χ3v) is 3.64. The van der Waals surface area contributed by atoms with Gasteiger partial charge in [-0.1, -0.05) is 0 Å². The molecule has 5 heteroatoms. The zero-order chi connectivity index (χ0) is 12.4. The summed E-state index contributed by atoms with van der Waals surface area (Å²) in [7, 11) is 1.66. The Balaban J connectivity index is 2.84. The molecule has 0 radical (unpaired) electrons. The fraction of sp³-hybridized carbons (Fsp3) is 0.250. The van der Waals surface area contributed by atoms with Crippen LogP contribution in [-0.4, -0.2) is 18.6 Å². The molecule has 1 heterocycles. The first-order valence-electron chi connectivity index (χ1n) is 5.23. The molecular formula is C12H12Br2N2O. The summed E-state index contributed by atoms with van der Waals surface area (Å²) in [6, 6.07) is 3.90. The minimum absolute atomic E-state index is 0.798. The van der Waals surface area contributed by atoms with Gasteiger partial charge in [-0.3, -0.25) is 4.98 Å². The molecule has 0 saturated heterocycles. The minimum atomic E-state index is 0.798. The van der Waals surface area contributed by atoms with Gasteiger partial charge in [0.15, 0.2) is 0 Å². The van der Waals surface area contributed by atoms with Crippen LogP contribution in [0.4, 0.5) is 5.69 Å². The van der Waals surface area contributed by atoms with E-state index >= 15 is 0 Å². The number of hydrogen-bond donors (Lipinski definition) is 1. The van der Waals surface area contributed by atoms with Gasteiger partial charge in [0.2, 0.25) is 0 Å². The van der Waals surface area contributed by atoms with Gasteiger partial charge in [-0.25, -0.2) is 0 Å². The molecule has 0 fully saturated rings. The number of aromatic nitrogens is 1. The molecule has 0 saturated carbocycles. The molecule has 0 aliphatic heterocycles. The third-order valence-electron chi connectivity index (χ3n) is 2.45. The summed E-state index contributed by atoms with van der Waals surface area (Å²) in [4.78, 5) is 4.39. The Morgan fingerprint density at radius 2 is 2.12 bits per heavy atom. The SMILES string of the molecule is CCNc1ccnc2c(Br)cc(Br)c(OC)c12. The van der Waals surface area contributed by atoms with Gasteiger partial charge in [-0.05, 0) is 50.9 Å². The van der Waals surface area contributed by atoms with Crippen LogP contribution >= 0.6 is 31.9 Å². The van der Waals surface area contributed by atoms with Gasteiger partial charge in [0, 0.05) is 22.9 Å². The van der Waals surface area contributed by atoms with Crippen molar-refractivity contribution >= 4 is 48.5 Å². The molecule has 0 unspecified atom stereocenters. The van der Waals surface area contributed by atoms with Crippen LogP contribution in [0.1, 0.15) is 6.92 Å². The van der Waals surface area contributed by atoms with Crippen molar-refractivity contribution in [2.45, 2.75) is 6.92 Å². The van der Waals surface area contributed by atoms with E-state index in [1.54, 1.807) is 13.3 Å². The normalized spacial score (nSPS) is 10.6. The van der Waals surface area contributed by atoms with Crippen molar-refractivity contribution in [3.63, 3.8) is 0 Å². The quantitative estimate of drug-likeness (QED) is 0.891. The van der Waals surface area contributed by atoms with Crippen LogP contribution in [0.15, 0.2) is 27.3 Å². The van der Waals surface area contributed by atoms with Gasteiger partial charge in [0.1, 0.15) is 5.75 Å². The highest BCUT2D eigenvalue weighted by Gasteiger charge is 2.14. The molecule has 0 aliphatic carbocycles. The van der Waals surface area contributed by atoms with E-state index in [-0.39, 0.29) is 0 Å². The Hall–Kier alpha value is -0.810. The lowest BCUT2D eigenvalue weighted by Gasteiger charge is -2.13. The number of anilines is 1. The second-order valence-corrected chi connectivity index (χ2v) is 5.19. The van der Waals surface area contributed by atoms with E-state index < -0.39 is 0 Å². The van der Waals surface area contributed by atoms with Crippen molar-refractivity contribution in [1.29, 1.82) is 0 Å². The van der Waals surface area contributed by atoms with Gasteiger partial charge in [-0.2, -0.15) is 0 Å². The number of nitrogens with one attached hydrogen (secondary N) is 1. The molecule has 1 N–H and O–H groups in total. The zero-order valence-electron chi connectivity index (χ0n) is 9.55. The first kappa shape index (κ1) is 12.6. The number of rotatable bonds is 3. The lowest BCUT2D eigenvalue weighted by molar-refractivity contribution is 0.417. The molecule has 1 aromatic carbocycles. The van der Waals surface area contributed by atoms with Crippen molar-refractivity contribution in [2.24, 2.45) is 0 Å². The van der Waals surface area contributed by atoms with Crippen molar-refractivity contribution in [3.05, 3.63) is 27.3 Å². The third kappa shape index (κ3) is 2.26. The summed E-state index contributed by atoms with van der Waals surface area (Å²) in [5, 5.41) is 4.30. The standard InChI is InChI=1S/C12H12Br2N2O/c1-3-15-9-4-5-16-11-7(13)6-8(14)12(17-2)10(9)11/h4-6H,3H2,1-2H3,(H,15,16). The molecule has 2 rings (SSSR count). The molecule has 3 nitrogen and oxygen atoms in total. The van der Waals surface area contributed by atoms with Crippen molar-refractivity contribution in [2.75, 3.05) is 19.0 Å². The van der Waals surface area contributed by atoms with Crippen LogP contribution in [0.2, 0.25) is 0 Å². The van der Waals surface area contributed by atoms with Crippen LogP contribution in [-0.2, 0) is 0 Å². The topological polar surface area (TPSA) is 34.2 Å². The molecule has 2 aromatic rings. The van der Waals surface area contributed by atoms with E-state index in [0.29, 0.717) is 0 Å². The summed E-state index contributed by atoms with van der Waals surface area (Å²) in [6.07, 6.45) is 1.79. The first-order chi connectivity index (χ1) is 8.19. The first-order valence-corrected chi connectivity index (χ1v) is 6.82. The van der Waals surface area contributed by atoms with Crippen LogP contribution in [0.3, 0.4) is 0 Å². The largest absolute Gasteiger partial charge is 0.495 e. The minimum Gasteiger partial charge on any atom is -0.495 e. The number of halogens is 2. The van der Waals surface area contributed by atoms with E-state index in [2.05, 4.69) is 49.1 Å². The van der Waals surface area contributed by atoms with E-state index in [1.165, 1.54) is 0 Å². The Morgan fingerprint density at radius 1 is 1.35 bits per heavy atom. The lowest BCUT2D eigenvalue weighted by atomic mass is 10.1. The molecule has 90 valence electrons. The molecule has 0 aliphatic rings. The fourth-order valence-electron chi connectivity index (χ4n) is 1.77. The second-order valence-electron chi connectivity index (χ2n) is 3.49. The predicted molar refractivity (Wildman–Crippen MR) is 77.9 cm³/mol. The van der Waals surface area contributed by atoms with E-state index in [9.17, 15) is 0 Å². The van der Waals surface area contributed by atoms with Crippen LogP contribution in [0.25, 0.3) is 10.9 Å². The molecule has 1 aromatic heterocycles. The molecule has 0 bridgehead atoms. The Labute approximate surface area is 117 Å². The molecular weight excluding hydrogens is 348 g/mol. The van der Waals surface area contributed by atoms with Gasteiger partial charge in [0.25, 0.3) is 0 Å². The highest BCUT2D eigenvalue weighted by Crippen LogP contribution is 2.40. The fourth-order valence-corrected chi connectivity index (χ4v) is 3.20. The highest BCUT2D eigenvalue weighted by molar-refractivity contribution is 9.11. The number of ether oxygens (including phenoxy) is 1. The maximum atomic E-state index is 5.45. The van der Waals surface area contributed by atoms with Gasteiger partial charge in [0.05, 0.1) is 22.5 Å². The molecule has 0 spiro atoms. The average Bonchev–Trinajstić information content (AvgIpc) is 2.31. The number of fused-ring (bicyclic) bond motifs is 1. The van der Waals surface area contributed by atoms with Crippen LogP contribution in [0, 0.1) is 0 Å². The molecule has 0 atom stereocenters. The monoisotopic (exact) mass is 358 g/mol. The smallest absolute Gasteiger partial charge is 0.144 e. The maximum Gasteiger partial charge on any atom is 0.144 e. The van der Waals surface area contributed by atoms with Crippen molar-refractivity contribution < 1.29 is 4.74 Å². The Bertz CT molecular complexity index is 558. The summed E-state index contributed by atoms with van der Waals surface area (Å²) in [5.41, 5.74) is 1.92. The number of hydrogen-bond acceptors (Lipinski definition) is 3. The Morgan fingerprint density at radius 3 is 2.76 bits per heavy atom. The summed E-state index contributed by atoms with van der Waals surface area (Å²) < 4.78 is 7.31. The number of nitrogens with zero attached hydrogens (tertiary/aromatic N) is 1. The predicted octanol–water partition coefficient (Wildman–Crippen LogP) is 4.20. The maximum absolute atomic E-state index is 5.45. The van der Waals surface area contributed by atoms with Crippen molar-refractivity contribution in [1.82, 2.24) is 4.98 Å². The average molecular weight is 360 g/mol. The molecule has 0 amide bonds. The number of methoxy groups -OCH3 is 1. The van der Waals surface area contributed by atoms with E-state index in [1.807, 2.05) is 12.1 Å². The summed E-state index contributed by atoms with van der Waals surface area (Å²) >= 11 is 7.02. The van der Waals surface area contributed by atoms with Gasteiger partial charge < -0.3 is 10.1 Å². The van der Waals surface area contributed by atoms with E-state index in [0.717, 1.165) is 37.8 Å².